The SMILES string of the molecule is CC1=C(I)CC(C)(S(=O)(=O)n2ccc3cccnc32)C=C1Br. The van der Waals surface area contributed by atoms with Gasteiger partial charge in [-0.2, -0.15) is 0 Å². The molecule has 1 atom stereocenters. The molecule has 0 aromatic carbocycles. The van der Waals surface area contributed by atoms with Crippen LogP contribution in [0.15, 0.2) is 50.3 Å². The Bertz CT molecular complexity index is 930. The first-order chi connectivity index (χ1) is 10.3. The molecule has 0 saturated carbocycles. The lowest BCUT2D eigenvalue weighted by molar-refractivity contribution is 0.553. The summed E-state index contributed by atoms with van der Waals surface area (Å²) in [6.45, 7) is 3.74. The molecular formula is C15H14BrIN2O2S. The number of aromatic nitrogens is 2. The van der Waals surface area contributed by atoms with Crippen molar-refractivity contribution in [1.82, 2.24) is 8.96 Å². The van der Waals surface area contributed by atoms with Crippen LogP contribution in [0.3, 0.4) is 0 Å². The van der Waals surface area contributed by atoms with Crippen molar-refractivity contribution in [1.29, 1.82) is 0 Å². The van der Waals surface area contributed by atoms with Crippen molar-refractivity contribution in [3.05, 3.63) is 50.3 Å². The van der Waals surface area contributed by atoms with Crippen LogP contribution in [0.1, 0.15) is 20.3 Å². The first-order valence-electron chi connectivity index (χ1n) is 6.67. The molecule has 0 amide bonds. The summed E-state index contributed by atoms with van der Waals surface area (Å²) < 4.78 is 28.6. The number of fused-ring (bicyclic) bond motifs is 1. The molecule has 0 radical (unpaired) electrons. The van der Waals surface area contributed by atoms with Crippen molar-refractivity contribution in [2.24, 2.45) is 0 Å². The highest BCUT2D eigenvalue weighted by molar-refractivity contribution is 14.1. The largest absolute Gasteiger partial charge is 0.249 e. The van der Waals surface area contributed by atoms with E-state index in [2.05, 4.69) is 43.5 Å². The number of halogens is 2. The first kappa shape index (κ1) is 16.2. The fraction of sp³-hybridized carbons (Fsp3) is 0.267. The van der Waals surface area contributed by atoms with Gasteiger partial charge in [0.2, 0.25) is 10.0 Å². The minimum Gasteiger partial charge on any atom is -0.237 e. The highest BCUT2D eigenvalue weighted by atomic mass is 127. The van der Waals surface area contributed by atoms with E-state index in [1.807, 2.05) is 13.0 Å². The maximum absolute atomic E-state index is 13.2. The molecule has 1 aliphatic carbocycles. The Morgan fingerprint density at radius 2 is 2.14 bits per heavy atom. The molecule has 0 fully saturated rings. The second-order valence-corrected chi connectivity index (χ2v) is 9.98. The van der Waals surface area contributed by atoms with Gasteiger partial charge in [0, 0.05) is 28.7 Å². The molecule has 0 bridgehead atoms. The molecule has 3 rings (SSSR count). The average molecular weight is 493 g/mol. The van der Waals surface area contributed by atoms with Gasteiger partial charge in [0.15, 0.2) is 5.65 Å². The molecule has 0 N–H and O–H groups in total. The highest BCUT2D eigenvalue weighted by Crippen LogP contribution is 2.42. The Hall–Kier alpha value is -0.670. The Kier molecular flexibility index (Phi) is 4.01. The molecular weight excluding hydrogens is 479 g/mol. The maximum atomic E-state index is 13.2. The summed E-state index contributed by atoms with van der Waals surface area (Å²) in [5, 5.41) is 0.815. The standard InChI is InChI=1S/C15H14BrIN2O2S/c1-10-12(16)8-15(2,9-13(10)17)22(20,21)19-7-5-11-4-3-6-18-14(11)19/h3-8H,9H2,1-2H3. The van der Waals surface area contributed by atoms with E-state index in [0.717, 1.165) is 19.0 Å². The van der Waals surface area contributed by atoms with Crippen LogP contribution in [0.25, 0.3) is 11.0 Å². The number of allylic oxidation sites excluding steroid dienone is 3. The van der Waals surface area contributed by atoms with Gasteiger partial charge in [0.1, 0.15) is 4.75 Å². The van der Waals surface area contributed by atoms with Gasteiger partial charge in [0.05, 0.1) is 0 Å². The fourth-order valence-corrected chi connectivity index (χ4v) is 6.78. The zero-order valence-electron chi connectivity index (χ0n) is 12.0. The number of hydrogen-bond acceptors (Lipinski definition) is 3. The highest BCUT2D eigenvalue weighted by Gasteiger charge is 2.42. The molecule has 1 unspecified atom stereocenters. The predicted octanol–water partition coefficient (Wildman–Crippen LogP) is 4.36. The van der Waals surface area contributed by atoms with Gasteiger partial charge < -0.3 is 0 Å². The molecule has 1 aliphatic rings. The minimum atomic E-state index is -3.63. The lowest BCUT2D eigenvalue weighted by Gasteiger charge is -2.31. The minimum absolute atomic E-state index is 0.462. The number of rotatable bonds is 2. The van der Waals surface area contributed by atoms with Gasteiger partial charge in [0.25, 0.3) is 0 Å². The second-order valence-electron chi connectivity index (χ2n) is 5.54. The summed E-state index contributed by atoms with van der Waals surface area (Å²) in [6.07, 6.45) is 5.44. The summed E-state index contributed by atoms with van der Waals surface area (Å²) in [4.78, 5) is 4.22. The Labute approximate surface area is 151 Å². The van der Waals surface area contributed by atoms with Crippen LogP contribution in [0.5, 0.6) is 0 Å². The molecule has 2 aromatic heterocycles. The Morgan fingerprint density at radius 1 is 1.41 bits per heavy atom. The van der Waals surface area contributed by atoms with Crippen LogP contribution in [0.2, 0.25) is 0 Å². The van der Waals surface area contributed by atoms with Gasteiger partial charge in [-0.15, -0.1) is 0 Å². The van der Waals surface area contributed by atoms with Gasteiger partial charge in [-0.1, -0.05) is 15.9 Å². The summed E-state index contributed by atoms with van der Waals surface area (Å²) in [6, 6.07) is 5.43. The smallest absolute Gasteiger partial charge is 0.237 e. The van der Waals surface area contributed by atoms with Gasteiger partial charge in [-0.25, -0.2) is 17.4 Å². The van der Waals surface area contributed by atoms with Crippen molar-refractivity contribution < 1.29 is 8.42 Å². The lowest BCUT2D eigenvalue weighted by atomic mass is 9.98. The Balaban J connectivity index is 2.19. The molecule has 2 aromatic rings. The van der Waals surface area contributed by atoms with E-state index in [1.165, 1.54) is 3.97 Å². The van der Waals surface area contributed by atoms with Crippen molar-refractivity contribution >= 4 is 59.6 Å². The van der Waals surface area contributed by atoms with Crippen molar-refractivity contribution in [2.75, 3.05) is 0 Å². The zero-order chi connectivity index (χ0) is 16.1. The molecule has 7 heteroatoms. The monoisotopic (exact) mass is 492 g/mol. The van der Waals surface area contributed by atoms with E-state index in [1.54, 1.807) is 37.5 Å². The van der Waals surface area contributed by atoms with Gasteiger partial charge >= 0.3 is 0 Å². The van der Waals surface area contributed by atoms with Crippen molar-refractivity contribution in [3.63, 3.8) is 0 Å². The summed E-state index contributed by atoms with van der Waals surface area (Å²) in [7, 11) is -3.63. The number of hydrogen-bond donors (Lipinski definition) is 0. The number of nitrogens with zero attached hydrogens (tertiary/aromatic N) is 2. The van der Waals surface area contributed by atoms with Gasteiger partial charge in [-0.05, 0) is 69.9 Å². The van der Waals surface area contributed by atoms with E-state index < -0.39 is 14.8 Å². The molecule has 0 aliphatic heterocycles. The summed E-state index contributed by atoms with van der Waals surface area (Å²) >= 11 is 5.70. The van der Waals surface area contributed by atoms with Crippen LogP contribution in [-0.2, 0) is 10.0 Å². The summed E-state index contributed by atoms with van der Waals surface area (Å²) in [5.41, 5.74) is 1.55. The molecule has 2 heterocycles. The Morgan fingerprint density at radius 3 is 2.82 bits per heavy atom. The third-order valence-electron chi connectivity index (χ3n) is 3.97. The predicted molar refractivity (Wildman–Crippen MR) is 101 cm³/mol. The van der Waals surface area contributed by atoms with Crippen molar-refractivity contribution in [3.8, 4) is 0 Å². The quantitative estimate of drug-likeness (QED) is 0.585. The topological polar surface area (TPSA) is 52.0 Å². The molecule has 0 saturated heterocycles. The zero-order valence-corrected chi connectivity index (χ0v) is 16.6. The maximum Gasteiger partial charge on any atom is 0.249 e. The van der Waals surface area contributed by atoms with Crippen LogP contribution < -0.4 is 0 Å². The van der Waals surface area contributed by atoms with E-state index in [-0.39, 0.29) is 0 Å². The molecule has 22 heavy (non-hydrogen) atoms. The van der Waals surface area contributed by atoms with Crippen LogP contribution in [-0.4, -0.2) is 22.1 Å². The van der Waals surface area contributed by atoms with Crippen LogP contribution in [0.4, 0.5) is 0 Å². The van der Waals surface area contributed by atoms with Crippen LogP contribution >= 0.6 is 38.5 Å². The third kappa shape index (κ3) is 2.37. The van der Waals surface area contributed by atoms with E-state index in [9.17, 15) is 8.42 Å². The second kappa shape index (κ2) is 5.45. The third-order valence-corrected chi connectivity index (χ3v) is 8.23. The van der Waals surface area contributed by atoms with E-state index >= 15 is 0 Å². The number of pyridine rings is 1. The normalized spacial score (nSPS) is 23.0. The van der Waals surface area contributed by atoms with E-state index in [0.29, 0.717) is 12.1 Å². The van der Waals surface area contributed by atoms with Crippen molar-refractivity contribution in [2.45, 2.75) is 25.0 Å². The molecule has 4 nitrogen and oxygen atoms in total. The molecule has 0 spiro atoms. The molecule has 116 valence electrons. The van der Waals surface area contributed by atoms with E-state index in [4.69, 9.17) is 0 Å². The lowest BCUT2D eigenvalue weighted by Crippen LogP contribution is -2.39. The first-order valence-corrected chi connectivity index (χ1v) is 9.99. The fourth-order valence-electron chi connectivity index (χ4n) is 2.52. The average Bonchev–Trinajstić information content (AvgIpc) is 2.89. The van der Waals surface area contributed by atoms with Gasteiger partial charge in [-0.3, -0.25) is 0 Å². The summed E-state index contributed by atoms with van der Waals surface area (Å²) in [5.74, 6) is 0. The van der Waals surface area contributed by atoms with Crippen LogP contribution in [0, 0.1) is 0 Å².